The number of carbonyl (C=O) groups excluding carboxylic acids is 2. The fourth-order valence-corrected chi connectivity index (χ4v) is 2.67. The quantitative estimate of drug-likeness (QED) is 0.782. The summed E-state index contributed by atoms with van der Waals surface area (Å²) in [5.41, 5.74) is 1.24. The van der Waals surface area contributed by atoms with Crippen molar-refractivity contribution in [3.63, 3.8) is 0 Å². The Balaban J connectivity index is 2.09. The summed E-state index contributed by atoms with van der Waals surface area (Å²) >= 11 is 12.0. The van der Waals surface area contributed by atoms with Crippen LogP contribution in [-0.2, 0) is 0 Å². The van der Waals surface area contributed by atoms with Gasteiger partial charge in [-0.15, -0.1) is 0 Å². The third-order valence-corrected chi connectivity index (χ3v) is 4.84. The number of Topliss-reactive ketones (excluding diaryl/α,β-unsaturated/α-hetero) is 1. The Bertz CT molecular complexity index is 841. The first kappa shape index (κ1) is 19.0. The summed E-state index contributed by atoms with van der Waals surface area (Å²) in [7, 11) is 0. The lowest BCUT2D eigenvalue weighted by atomic mass is 9.92. The molecule has 2 rings (SSSR count). The molecule has 0 aromatic heterocycles. The SMILES string of the molecule is CC(NC(=O)c1cccc(Cl)c1Cl)C(C)C(=O)c1ccc(C#N)cc1. The largest absolute Gasteiger partial charge is 0.349 e. The van der Waals surface area contributed by atoms with Gasteiger partial charge in [0.2, 0.25) is 0 Å². The molecule has 2 aromatic rings. The van der Waals surface area contributed by atoms with Crippen LogP contribution in [0.5, 0.6) is 0 Å². The van der Waals surface area contributed by atoms with Crippen LogP contribution in [0.4, 0.5) is 0 Å². The molecule has 6 heteroatoms. The third kappa shape index (κ3) is 4.39. The standard InChI is InChI=1S/C19H16Cl2N2O2/c1-11(18(24)14-8-6-13(10-22)7-9-14)12(2)23-19(25)15-4-3-5-16(20)17(15)21/h3-9,11-12H,1-2H3,(H,23,25). The normalized spacial score (nSPS) is 12.8. The number of nitrogens with zero attached hydrogens (tertiary/aromatic N) is 1. The number of hydrogen-bond donors (Lipinski definition) is 1. The molecule has 0 aliphatic heterocycles. The molecule has 2 aromatic carbocycles. The summed E-state index contributed by atoms with van der Waals surface area (Å²) < 4.78 is 0. The number of ketones is 1. The zero-order chi connectivity index (χ0) is 18.6. The van der Waals surface area contributed by atoms with Gasteiger partial charge in [-0.05, 0) is 31.2 Å². The number of hydrogen-bond acceptors (Lipinski definition) is 3. The Labute approximate surface area is 156 Å². The number of nitriles is 1. The van der Waals surface area contributed by atoms with Crippen molar-refractivity contribution in [2.75, 3.05) is 0 Å². The van der Waals surface area contributed by atoms with E-state index >= 15 is 0 Å². The van der Waals surface area contributed by atoms with Crippen LogP contribution in [0.25, 0.3) is 0 Å². The summed E-state index contributed by atoms with van der Waals surface area (Å²) in [5.74, 6) is -0.955. The number of amides is 1. The van der Waals surface area contributed by atoms with Gasteiger partial charge in [0.1, 0.15) is 0 Å². The monoisotopic (exact) mass is 374 g/mol. The average molecular weight is 375 g/mol. The van der Waals surface area contributed by atoms with Crippen LogP contribution in [-0.4, -0.2) is 17.7 Å². The van der Waals surface area contributed by atoms with Crippen LogP contribution in [0, 0.1) is 17.2 Å². The number of halogens is 2. The van der Waals surface area contributed by atoms with E-state index in [-0.39, 0.29) is 22.3 Å². The van der Waals surface area contributed by atoms with E-state index in [2.05, 4.69) is 5.32 Å². The first-order chi connectivity index (χ1) is 11.8. The number of carbonyl (C=O) groups is 2. The molecule has 0 saturated heterocycles. The molecule has 0 fully saturated rings. The highest BCUT2D eigenvalue weighted by Crippen LogP contribution is 2.25. The number of nitrogens with one attached hydrogen (secondary N) is 1. The lowest BCUT2D eigenvalue weighted by molar-refractivity contribution is 0.0869. The molecule has 0 bridgehead atoms. The molecule has 0 spiro atoms. The van der Waals surface area contributed by atoms with Crippen LogP contribution < -0.4 is 5.32 Å². The fourth-order valence-electron chi connectivity index (χ4n) is 2.29. The molecular formula is C19H16Cl2N2O2. The van der Waals surface area contributed by atoms with E-state index in [0.29, 0.717) is 16.1 Å². The van der Waals surface area contributed by atoms with Crippen molar-refractivity contribution in [3.05, 3.63) is 69.2 Å². The van der Waals surface area contributed by atoms with Gasteiger partial charge in [0, 0.05) is 17.5 Å². The molecule has 2 unspecified atom stereocenters. The van der Waals surface area contributed by atoms with Crippen molar-refractivity contribution < 1.29 is 9.59 Å². The van der Waals surface area contributed by atoms with Gasteiger partial charge in [0.15, 0.2) is 5.78 Å². The second-order valence-electron chi connectivity index (χ2n) is 5.71. The van der Waals surface area contributed by atoms with Crippen molar-refractivity contribution in [1.82, 2.24) is 5.32 Å². The summed E-state index contributed by atoms with van der Waals surface area (Å²) in [5, 5.41) is 12.1. The molecule has 4 nitrogen and oxygen atoms in total. The lowest BCUT2D eigenvalue weighted by Gasteiger charge is -2.21. The molecule has 0 radical (unpaired) electrons. The first-order valence-corrected chi connectivity index (χ1v) is 8.40. The molecule has 0 aliphatic rings. The van der Waals surface area contributed by atoms with Crippen LogP contribution >= 0.6 is 23.2 Å². The zero-order valence-electron chi connectivity index (χ0n) is 13.7. The van der Waals surface area contributed by atoms with E-state index in [0.717, 1.165) is 0 Å². The van der Waals surface area contributed by atoms with Gasteiger partial charge in [0.25, 0.3) is 5.91 Å². The number of benzene rings is 2. The minimum absolute atomic E-state index is 0.116. The van der Waals surface area contributed by atoms with E-state index in [9.17, 15) is 9.59 Å². The van der Waals surface area contributed by atoms with Crippen LogP contribution in [0.15, 0.2) is 42.5 Å². The van der Waals surface area contributed by atoms with E-state index in [1.807, 2.05) is 6.07 Å². The highest BCUT2D eigenvalue weighted by atomic mass is 35.5. The van der Waals surface area contributed by atoms with Gasteiger partial charge in [-0.1, -0.05) is 48.3 Å². The van der Waals surface area contributed by atoms with Gasteiger partial charge in [-0.25, -0.2) is 0 Å². The van der Waals surface area contributed by atoms with Gasteiger partial charge in [0.05, 0.1) is 27.2 Å². The van der Waals surface area contributed by atoms with Gasteiger partial charge in [-0.3, -0.25) is 9.59 Å². The Morgan fingerprint density at radius 1 is 1.08 bits per heavy atom. The van der Waals surface area contributed by atoms with Crippen LogP contribution in [0.1, 0.15) is 40.1 Å². The predicted octanol–water partition coefficient (Wildman–Crippen LogP) is 4.50. The third-order valence-electron chi connectivity index (χ3n) is 4.02. The van der Waals surface area contributed by atoms with Crippen molar-refractivity contribution in [1.29, 1.82) is 5.26 Å². The second-order valence-corrected chi connectivity index (χ2v) is 6.49. The Morgan fingerprint density at radius 3 is 2.32 bits per heavy atom. The smallest absolute Gasteiger partial charge is 0.253 e. The molecule has 128 valence electrons. The number of rotatable bonds is 5. The molecular weight excluding hydrogens is 359 g/mol. The second kappa shape index (κ2) is 8.15. The fraction of sp³-hybridized carbons (Fsp3) is 0.211. The average Bonchev–Trinajstić information content (AvgIpc) is 2.62. The molecule has 0 aliphatic carbocycles. The molecule has 2 atom stereocenters. The van der Waals surface area contributed by atoms with Gasteiger partial charge < -0.3 is 5.32 Å². The molecule has 1 amide bonds. The van der Waals surface area contributed by atoms with Gasteiger partial charge in [-0.2, -0.15) is 5.26 Å². The van der Waals surface area contributed by atoms with Crippen molar-refractivity contribution in [3.8, 4) is 6.07 Å². The van der Waals surface area contributed by atoms with Crippen molar-refractivity contribution >= 4 is 34.9 Å². The maximum atomic E-state index is 12.5. The van der Waals surface area contributed by atoms with E-state index < -0.39 is 12.0 Å². The minimum Gasteiger partial charge on any atom is -0.349 e. The summed E-state index contributed by atoms with van der Waals surface area (Å²) in [6, 6.07) is 12.8. The first-order valence-electron chi connectivity index (χ1n) is 7.64. The van der Waals surface area contributed by atoms with E-state index in [1.165, 1.54) is 0 Å². The summed E-state index contributed by atoms with van der Waals surface area (Å²) in [6.45, 7) is 3.49. The van der Waals surface area contributed by atoms with E-state index in [1.54, 1.807) is 56.3 Å². The van der Waals surface area contributed by atoms with Crippen molar-refractivity contribution in [2.24, 2.45) is 5.92 Å². The molecule has 0 saturated carbocycles. The molecule has 25 heavy (non-hydrogen) atoms. The van der Waals surface area contributed by atoms with Crippen LogP contribution in [0.3, 0.4) is 0 Å². The summed E-state index contributed by atoms with van der Waals surface area (Å²) in [6.07, 6.45) is 0. The molecule has 0 heterocycles. The lowest BCUT2D eigenvalue weighted by Crippen LogP contribution is -2.40. The Hall–Kier alpha value is -2.35. The van der Waals surface area contributed by atoms with Crippen molar-refractivity contribution in [2.45, 2.75) is 19.9 Å². The predicted molar refractivity (Wildman–Crippen MR) is 98.0 cm³/mol. The van der Waals surface area contributed by atoms with Gasteiger partial charge >= 0.3 is 0 Å². The summed E-state index contributed by atoms with van der Waals surface area (Å²) in [4.78, 5) is 24.9. The minimum atomic E-state index is -0.449. The maximum Gasteiger partial charge on any atom is 0.253 e. The highest BCUT2D eigenvalue weighted by Gasteiger charge is 2.24. The Morgan fingerprint density at radius 2 is 1.72 bits per heavy atom. The van der Waals surface area contributed by atoms with Crippen LogP contribution in [0.2, 0.25) is 10.0 Å². The van der Waals surface area contributed by atoms with E-state index in [4.69, 9.17) is 28.5 Å². The Kier molecular flexibility index (Phi) is 6.19. The highest BCUT2D eigenvalue weighted by molar-refractivity contribution is 6.43. The zero-order valence-corrected chi connectivity index (χ0v) is 15.2. The topological polar surface area (TPSA) is 70.0 Å². The maximum absolute atomic E-state index is 12.5. The molecule has 1 N–H and O–H groups in total.